The van der Waals surface area contributed by atoms with Crippen molar-refractivity contribution in [1.82, 2.24) is 23.7 Å². The summed E-state index contributed by atoms with van der Waals surface area (Å²) in [5.74, 6) is 1.21. The maximum absolute atomic E-state index is 9.51. The van der Waals surface area contributed by atoms with Crippen LogP contribution in [0.25, 0.3) is 49.9 Å². The predicted molar refractivity (Wildman–Crippen MR) is 259 cm³/mol. The van der Waals surface area contributed by atoms with Gasteiger partial charge in [-0.15, -0.1) is 29.1 Å². The molecule has 0 amide bonds. The molecule has 7 heteroatoms. The number of hydrogen-bond acceptors (Lipinski definition) is 3. The zero-order valence-electron chi connectivity index (χ0n) is 52.5. The van der Waals surface area contributed by atoms with E-state index < -0.39 is 125 Å². The van der Waals surface area contributed by atoms with Gasteiger partial charge in [0.2, 0.25) is 5.69 Å². The summed E-state index contributed by atoms with van der Waals surface area (Å²) in [6, 6.07) is 19.8. The summed E-state index contributed by atoms with van der Waals surface area (Å²) in [6.07, 6.45) is 5.28. The van der Waals surface area contributed by atoms with Crippen molar-refractivity contribution in [2.75, 3.05) is 0 Å². The molecule has 0 unspecified atom stereocenters. The van der Waals surface area contributed by atoms with Crippen LogP contribution in [0.1, 0.15) is 87.1 Å². The van der Waals surface area contributed by atoms with E-state index in [1.54, 1.807) is 53.5 Å². The molecular formula is C57H49N5OPt+2. The maximum atomic E-state index is 9.51. The Hall–Kier alpha value is -6.71. The molecular weight excluding hydrogens is 966 g/mol. The first-order valence-electron chi connectivity index (χ1n) is 28.7. The summed E-state index contributed by atoms with van der Waals surface area (Å²) >= 11 is 0. The van der Waals surface area contributed by atoms with Crippen LogP contribution in [0.2, 0.25) is 0 Å². The predicted octanol–water partition coefficient (Wildman–Crippen LogP) is 14.4. The molecule has 9 aromatic rings. The van der Waals surface area contributed by atoms with E-state index in [2.05, 4.69) is 43.9 Å². The Morgan fingerprint density at radius 3 is 1.97 bits per heavy atom. The molecule has 0 saturated heterocycles. The molecule has 1 aliphatic heterocycles. The average Bonchev–Trinajstić information content (AvgIpc) is 3.97. The molecule has 0 atom stereocenters. The Morgan fingerprint density at radius 2 is 1.33 bits per heavy atom. The van der Waals surface area contributed by atoms with Gasteiger partial charge in [0.1, 0.15) is 11.5 Å². The third-order valence-electron chi connectivity index (χ3n) is 10.8. The number of rotatable bonds is 7. The third kappa shape index (κ3) is 7.83. The number of nitrogens with zero attached hydrogens (tertiary/aromatic N) is 5. The molecule has 0 fully saturated rings. The molecule has 6 nitrogen and oxygen atoms in total. The molecule has 6 aromatic carbocycles. The van der Waals surface area contributed by atoms with Crippen molar-refractivity contribution in [3.63, 3.8) is 0 Å². The van der Waals surface area contributed by atoms with Crippen LogP contribution in [-0.4, -0.2) is 20.5 Å². The molecule has 0 spiro atoms. The summed E-state index contributed by atoms with van der Waals surface area (Å²) in [7, 11) is 0. The standard InChI is InChI=1S/C57H49N5O.Pt/c1-37-16-20-39(21-17-37)46-12-11-13-47(40-22-18-38(2)19-23-40)55(46)61-36-60(51-14-9-10-15-52(51)61)43-30-42(57(6,7)8)31-45(33-43)63-44-24-25-48-49-35-58-28-27-50(49)62(53(48)34-44)54-32-41(26-29-59-54)56(3,4)5;/h9-32,35H,1-8H3;/q;+2/i1D3,2D3,11D,12D,13D,16D,17D,18D,19D,20D,21D,22D,23D;. The second-order valence-electron chi connectivity index (χ2n) is 17.2. The Bertz CT molecular complexity index is 4060. The minimum Gasteiger partial charge on any atom is -0.509 e. The largest absolute Gasteiger partial charge is 2.00 e. The Balaban J connectivity index is 0.00000792. The molecule has 3 aromatic heterocycles. The first-order valence-corrected chi connectivity index (χ1v) is 20.2. The van der Waals surface area contributed by atoms with Gasteiger partial charge < -0.3 is 9.30 Å². The van der Waals surface area contributed by atoms with Crippen LogP contribution in [0.3, 0.4) is 0 Å². The van der Waals surface area contributed by atoms with Gasteiger partial charge in [0.25, 0.3) is 11.4 Å². The zero-order valence-corrected chi connectivity index (χ0v) is 37.8. The molecule has 4 heterocycles. The van der Waals surface area contributed by atoms with Gasteiger partial charge in [-0.2, -0.15) is 6.07 Å². The van der Waals surface area contributed by atoms with Gasteiger partial charge in [-0.25, -0.2) is 4.98 Å². The second kappa shape index (κ2) is 16.4. The number of ether oxygens (including phenoxy) is 1. The molecule has 0 saturated carbocycles. The van der Waals surface area contributed by atoms with E-state index >= 15 is 0 Å². The van der Waals surface area contributed by atoms with Crippen LogP contribution in [0.5, 0.6) is 11.5 Å². The van der Waals surface area contributed by atoms with Crippen molar-refractivity contribution < 1.29 is 49.1 Å². The van der Waals surface area contributed by atoms with Crippen molar-refractivity contribution >= 4 is 50.6 Å². The number of hydrogen-bond donors (Lipinski definition) is 0. The Morgan fingerprint density at radius 1 is 0.672 bits per heavy atom. The van der Waals surface area contributed by atoms with Crippen molar-refractivity contribution in [2.24, 2.45) is 0 Å². The monoisotopic (exact) mass is 1030 g/mol. The van der Waals surface area contributed by atoms with Gasteiger partial charge >= 0.3 is 27.1 Å². The van der Waals surface area contributed by atoms with E-state index in [4.69, 9.17) is 23.4 Å². The van der Waals surface area contributed by atoms with E-state index in [1.165, 1.54) is 4.58 Å². The number of fused-ring (bicyclic) bond motifs is 4. The number of aromatic nitrogens is 3. The van der Waals surface area contributed by atoms with Crippen molar-refractivity contribution in [2.45, 2.75) is 66.1 Å². The smallest absolute Gasteiger partial charge is 0.509 e. The molecule has 0 bridgehead atoms. The Labute approximate surface area is 414 Å². The molecule has 1 aliphatic rings. The van der Waals surface area contributed by atoms with Gasteiger partial charge in [-0.1, -0.05) is 141 Å². The summed E-state index contributed by atoms with van der Waals surface area (Å²) in [5, 5.41) is 1.72. The summed E-state index contributed by atoms with van der Waals surface area (Å²) in [4.78, 5) is 9.20. The van der Waals surface area contributed by atoms with Crippen LogP contribution in [-0.2, 0) is 31.9 Å². The fourth-order valence-electron chi connectivity index (χ4n) is 7.59. The first kappa shape index (κ1) is 26.8. The van der Waals surface area contributed by atoms with E-state index in [0.29, 0.717) is 28.5 Å². The minimum absolute atomic E-state index is 0. The molecule has 0 N–H and O–H groups in total. The van der Waals surface area contributed by atoms with Crippen LogP contribution >= 0.6 is 0 Å². The van der Waals surface area contributed by atoms with Crippen LogP contribution in [0, 0.1) is 25.8 Å². The zero-order chi connectivity index (χ0) is 58.2. The van der Waals surface area contributed by atoms with Gasteiger partial charge in [-0.3, -0.25) is 4.98 Å². The van der Waals surface area contributed by atoms with Crippen LogP contribution < -0.4 is 13.9 Å². The Kier molecular flexibility index (Phi) is 6.89. The fourth-order valence-corrected chi connectivity index (χ4v) is 7.59. The van der Waals surface area contributed by atoms with Crippen molar-refractivity contribution in [3.8, 4) is 39.6 Å². The van der Waals surface area contributed by atoms with Gasteiger partial charge in [0, 0.05) is 56.0 Å². The second-order valence-corrected chi connectivity index (χ2v) is 17.2. The molecule has 0 radical (unpaired) electrons. The normalized spacial score (nSPS) is 16.7. The SMILES string of the molecule is [2H]c1c([2H])c(-c2c([2H])c([2H])c(C([2H])([2H])[2H])c([2H])c2[2H])c([N+]2=C=[N+](c3[c-]c(Oc4[c-]c5c(cc4)c4cnccc4n5-c4cc(C(C)(C)C)ccn4)cc(C(C)(C)C)c3)c3ccccc32)c(-c2c([2H])c([2H])c(C([2H])([2H])[2H])c([2H])c2[2H])c1[2H].[Pt+2]. The van der Waals surface area contributed by atoms with Crippen LogP contribution in [0.15, 0.2) is 152 Å². The topological polar surface area (TPSA) is 46.0 Å². The van der Waals surface area contributed by atoms with Crippen LogP contribution in [0.4, 0.5) is 22.7 Å². The maximum Gasteiger partial charge on any atom is 2.00 e. The van der Waals surface area contributed by atoms with E-state index in [1.807, 2.05) is 61.7 Å². The first-order chi connectivity index (χ1) is 37.3. The minimum atomic E-state index is -3.14. The third-order valence-corrected chi connectivity index (χ3v) is 10.8. The molecule has 0 aliphatic carbocycles. The van der Waals surface area contributed by atoms with Gasteiger partial charge in [0.15, 0.2) is 0 Å². The summed E-state index contributed by atoms with van der Waals surface area (Å²) < 4.78 is 161. The molecule has 316 valence electrons. The summed E-state index contributed by atoms with van der Waals surface area (Å²) in [6.45, 7) is 6.08. The fraction of sp³-hybridized carbons (Fsp3) is 0.175. The number of benzene rings is 6. The average molecular weight is 1030 g/mol. The van der Waals surface area contributed by atoms with E-state index in [9.17, 15) is 9.60 Å². The molecule has 10 rings (SSSR count). The summed E-state index contributed by atoms with van der Waals surface area (Å²) in [5.41, 5.74) is -1.35. The van der Waals surface area contributed by atoms with Crippen molar-refractivity contribution in [1.29, 1.82) is 0 Å². The molecule has 64 heavy (non-hydrogen) atoms. The number of pyridine rings is 2. The van der Waals surface area contributed by atoms with E-state index in [0.717, 1.165) is 27.4 Å². The quantitative estimate of drug-likeness (QED) is 0.118. The van der Waals surface area contributed by atoms with Crippen molar-refractivity contribution in [3.05, 3.63) is 186 Å². The van der Waals surface area contributed by atoms with Gasteiger partial charge in [-0.05, 0) is 81.5 Å². The van der Waals surface area contributed by atoms with E-state index in [-0.39, 0.29) is 37.9 Å². The van der Waals surface area contributed by atoms with Gasteiger partial charge in [0.05, 0.1) is 26.2 Å². The number of para-hydroxylation sites is 3.